The van der Waals surface area contributed by atoms with Gasteiger partial charge in [-0.05, 0) is 44.0 Å². The number of hydrogen-bond donors (Lipinski definition) is 2. The number of aromatic carboxylic acids is 1. The first-order chi connectivity index (χ1) is 10.1. The van der Waals surface area contributed by atoms with E-state index >= 15 is 0 Å². The first-order valence-electron chi connectivity index (χ1n) is 7.35. The second-order valence-corrected chi connectivity index (χ2v) is 5.54. The van der Waals surface area contributed by atoms with E-state index in [0.29, 0.717) is 11.5 Å². The van der Waals surface area contributed by atoms with Gasteiger partial charge in [-0.2, -0.15) is 0 Å². The maximum Gasteiger partial charge on any atom is 0.335 e. The molecule has 2 N–H and O–H groups in total. The molecule has 1 heterocycles. The number of carbonyl (C=O) groups excluding carboxylic acids is 1. The van der Waals surface area contributed by atoms with Crippen LogP contribution in [0.4, 0.5) is 0 Å². The van der Waals surface area contributed by atoms with Crippen LogP contribution in [0.25, 0.3) is 0 Å². The Labute approximate surface area is 125 Å². The molecular weight excluding hydrogens is 268 g/mol. The third kappa shape index (κ3) is 4.04. The number of carbonyl (C=O) groups is 2. The zero-order chi connectivity index (χ0) is 15.2. The van der Waals surface area contributed by atoms with Gasteiger partial charge in [-0.1, -0.05) is 18.2 Å². The quantitative estimate of drug-likeness (QED) is 0.859. The molecule has 0 radical (unpaired) electrons. The van der Waals surface area contributed by atoms with E-state index in [4.69, 9.17) is 5.11 Å². The van der Waals surface area contributed by atoms with E-state index in [-0.39, 0.29) is 17.9 Å². The molecule has 1 saturated heterocycles. The summed E-state index contributed by atoms with van der Waals surface area (Å²) in [6.07, 6.45) is 2.31. The fourth-order valence-electron chi connectivity index (χ4n) is 2.90. The van der Waals surface area contributed by atoms with Crippen LogP contribution in [0, 0.1) is 5.92 Å². The largest absolute Gasteiger partial charge is 0.478 e. The van der Waals surface area contributed by atoms with Gasteiger partial charge < -0.3 is 15.3 Å². The fraction of sp³-hybridized carbons (Fsp3) is 0.500. The second-order valence-electron chi connectivity index (χ2n) is 5.54. The van der Waals surface area contributed by atoms with Gasteiger partial charge in [0.15, 0.2) is 0 Å². The predicted molar refractivity (Wildman–Crippen MR) is 80.3 cm³/mol. The van der Waals surface area contributed by atoms with Crippen LogP contribution < -0.4 is 5.32 Å². The van der Waals surface area contributed by atoms with E-state index in [9.17, 15) is 9.59 Å². The minimum absolute atomic E-state index is 0.0181. The Hall–Kier alpha value is -1.88. The number of amides is 1. The number of carboxylic acid groups (broad SMARTS) is 1. The molecule has 1 aromatic carbocycles. The molecule has 1 aliphatic rings. The van der Waals surface area contributed by atoms with Gasteiger partial charge in [0.25, 0.3) is 0 Å². The molecule has 5 heteroatoms. The summed E-state index contributed by atoms with van der Waals surface area (Å²) in [5, 5.41) is 12.3. The van der Waals surface area contributed by atoms with Crippen molar-refractivity contribution in [3.8, 4) is 0 Å². The topological polar surface area (TPSA) is 69.6 Å². The summed E-state index contributed by atoms with van der Waals surface area (Å²) < 4.78 is 0. The molecule has 1 amide bonds. The van der Waals surface area contributed by atoms with E-state index in [1.807, 2.05) is 11.9 Å². The van der Waals surface area contributed by atoms with Gasteiger partial charge in [0.2, 0.25) is 5.91 Å². The van der Waals surface area contributed by atoms with E-state index in [1.165, 1.54) is 0 Å². The molecule has 1 atom stereocenters. The molecule has 0 aliphatic carbocycles. The Bertz CT molecular complexity index is 514. The molecule has 0 bridgehead atoms. The Morgan fingerprint density at radius 1 is 1.38 bits per heavy atom. The van der Waals surface area contributed by atoms with Crippen LogP contribution in [0.1, 0.15) is 28.8 Å². The summed E-state index contributed by atoms with van der Waals surface area (Å²) in [6, 6.07) is 6.72. The number of nitrogens with zero attached hydrogens (tertiary/aromatic N) is 1. The van der Waals surface area contributed by atoms with E-state index in [0.717, 1.165) is 32.5 Å². The minimum Gasteiger partial charge on any atom is -0.478 e. The monoisotopic (exact) mass is 290 g/mol. The number of likely N-dealkylation sites (tertiary alicyclic amines) is 1. The summed E-state index contributed by atoms with van der Waals surface area (Å²) in [5.41, 5.74) is 0.806. The van der Waals surface area contributed by atoms with Crippen LogP contribution in [0.5, 0.6) is 0 Å². The average molecular weight is 290 g/mol. The van der Waals surface area contributed by atoms with Crippen molar-refractivity contribution in [1.82, 2.24) is 10.2 Å². The lowest BCUT2D eigenvalue weighted by molar-refractivity contribution is -0.132. The highest BCUT2D eigenvalue weighted by atomic mass is 16.4. The van der Waals surface area contributed by atoms with Crippen molar-refractivity contribution in [2.75, 3.05) is 26.7 Å². The molecule has 2 rings (SSSR count). The van der Waals surface area contributed by atoms with Crippen LogP contribution in [0.2, 0.25) is 0 Å². The van der Waals surface area contributed by atoms with Crippen molar-refractivity contribution in [2.45, 2.75) is 19.3 Å². The molecule has 1 unspecified atom stereocenters. The lowest BCUT2D eigenvalue weighted by Gasteiger charge is -2.33. The minimum atomic E-state index is -0.981. The van der Waals surface area contributed by atoms with Crippen LogP contribution in [-0.2, 0) is 11.2 Å². The van der Waals surface area contributed by atoms with Gasteiger partial charge in [-0.3, -0.25) is 4.79 Å². The number of piperidine rings is 1. The fourth-order valence-corrected chi connectivity index (χ4v) is 2.90. The Morgan fingerprint density at radius 3 is 2.86 bits per heavy atom. The summed E-state index contributed by atoms with van der Waals surface area (Å²) in [6.45, 7) is 2.44. The second kappa shape index (κ2) is 7.22. The van der Waals surface area contributed by atoms with Crippen molar-refractivity contribution in [2.24, 2.45) is 5.92 Å². The van der Waals surface area contributed by atoms with Crippen LogP contribution in [0.3, 0.4) is 0 Å². The predicted octanol–water partition coefficient (Wildman–Crippen LogP) is 1.39. The van der Waals surface area contributed by atoms with Crippen molar-refractivity contribution in [3.63, 3.8) is 0 Å². The molecule has 1 aliphatic heterocycles. The molecule has 1 fully saturated rings. The Kier molecular flexibility index (Phi) is 5.33. The molecule has 21 heavy (non-hydrogen) atoms. The van der Waals surface area contributed by atoms with Crippen LogP contribution in [-0.4, -0.2) is 48.6 Å². The lowest BCUT2D eigenvalue weighted by atomic mass is 9.97. The number of carboxylic acids is 1. The zero-order valence-corrected chi connectivity index (χ0v) is 12.3. The van der Waals surface area contributed by atoms with E-state index in [2.05, 4.69) is 5.32 Å². The summed E-state index contributed by atoms with van der Waals surface area (Å²) in [5.74, 6) is -0.475. The van der Waals surface area contributed by atoms with Crippen LogP contribution in [0.15, 0.2) is 24.3 Å². The first-order valence-corrected chi connectivity index (χ1v) is 7.35. The number of hydrogen-bond acceptors (Lipinski definition) is 3. The van der Waals surface area contributed by atoms with Crippen molar-refractivity contribution in [1.29, 1.82) is 0 Å². The zero-order valence-electron chi connectivity index (χ0n) is 12.3. The van der Waals surface area contributed by atoms with Gasteiger partial charge in [0.05, 0.1) is 12.0 Å². The highest BCUT2D eigenvalue weighted by molar-refractivity contribution is 5.91. The normalized spacial score (nSPS) is 18.5. The molecular formula is C16H22N2O3. The third-order valence-electron chi connectivity index (χ3n) is 3.95. The summed E-state index contributed by atoms with van der Waals surface area (Å²) in [7, 11) is 1.92. The highest BCUT2D eigenvalue weighted by Crippen LogP contribution is 2.18. The summed E-state index contributed by atoms with van der Waals surface area (Å²) in [4.78, 5) is 25.5. The van der Waals surface area contributed by atoms with Gasteiger partial charge in [0.1, 0.15) is 0 Å². The van der Waals surface area contributed by atoms with Gasteiger partial charge in [0, 0.05) is 13.1 Å². The number of rotatable bonds is 5. The van der Waals surface area contributed by atoms with Gasteiger partial charge >= 0.3 is 5.97 Å². The van der Waals surface area contributed by atoms with Crippen molar-refractivity contribution < 1.29 is 14.7 Å². The standard InChI is InChI=1S/C16H22N2O3/c1-17-10-12-5-4-8-18(11-12)15(19)9-13-6-2-3-7-14(13)16(20)21/h2-3,6-7,12,17H,4-5,8-11H2,1H3,(H,20,21). The smallest absolute Gasteiger partial charge is 0.335 e. The Balaban J connectivity index is 2.03. The number of benzene rings is 1. The third-order valence-corrected chi connectivity index (χ3v) is 3.95. The Morgan fingerprint density at radius 2 is 2.14 bits per heavy atom. The maximum absolute atomic E-state index is 12.4. The molecule has 0 saturated carbocycles. The summed E-state index contributed by atoms with van der Waals surface area (Å²) >= 11 is 0. The van der Waals surface area contributed by atoms with Crippen molar-refractivity contribution in [3.05, 3.63) is 35.4 Å². The van der Waals surface area contributed by atoms with Gasteiger partial charge in [-0.25, -0.2) is 4.79 Å². The molecule has 1 aromatic rings. The highest BCUT2D eigenvalue weighted by Gasteiger charge is 2.24. The molecule has 114 valence electrons. The molecule has 5 nitrogen and oxygen atoms in total. The van der Waals surface area contributed by atoms with Crippen molar-refractivity contribution >= 4 is 11.9 Å². The maximum atomic E-state index is 12.4. The first kappa shape index (κ1) is 15.5. The van der Waals surface area contributed by atoms with E-state index in [1.54, 1.807) is 24.3 Å². The molecule has 0 aromatic heterocycles. The van der Waals surface area contributed by atoms with E-state index < -0.39 is 5.97 Å². The average Bonchev–Trinajstić information content (AvgIpc) is 2.48. The lowest BCUT2D eigenvalue weighted by Crippen LogP contribution is -2.43. The number of nitrogens with one attached hydrogen (secondary N) is 1. The SMILES string of the molecule is CNCC1CCCN(C(=O)Cc2ccccc2C(=O)O)C1. The molecule has 0 spiro atoms. The van der Waals surface area contributed by atoms with Crippen LogP contribution >= 0.6 is 0 Å². The van der Waals surface area contributed by atoms with Gasteiger partial charge in [-0.15, -0.1) is 0 Å².